The first-order chi connectivity index (χ1) is 6.08. The Bertz CT molecular complexity index is 383. The molecule has 2 rings (SSSR count). The fourth-order valence-corrected chi connectivity index (χ4v) is 1.63. The second-order valence-corrected chi connectivity index (χ2v) is 4.05. The van der Waals surface area contributed by atoms with E-state index in [2.05, 4.69) is 37.9 Å². The normalized spacial score (nSPS) is 19.2. The van der Waals surface area contributed by atoms with Gasteiger partial charge in [0.05, 0.1) is 0 Å². The maximum absolute atomic E-state index is 5.31. The van der Waals surface area contributed by atoms with Gasteiger partial charge in [0.15, 0.2) is 12.2 Å². The summed E-state index contributed by atoms with van der Waals surface area (Å²) < 4.78 is 5.31. The van der Waals surface area contributed by atoms with E-state index in [4.69, 9.17) is 4.42 Å². The summed E-state index contributed by atoms with van der Waals surface area (Å²) in [6, 6.07) is 0. The molecule has 0 radical (unpaired) electrons. The lowest BCUT2D eigenvalue weighted by Gasteiger charge is -2.13. The summed E-state index contributed by atoms with van der Waals surface area (Å²) in [5, 5.41) is 0. The third kappa shape index (κ3) is 1.44. The molecule has 1 aromatic heterocycles. The lowest BCUT2D eigenvalue weighted by molar-refractivity contribution is 0.542. The molecule has 1 aromatic rings. The molecule has 0 bridgehead atoms. The summed E-state index contributed by atoms with van der Waals surface area (Å²) in [6.45, 7) is 6.39. The molecule has 0 N–H and O–H groups in total. The maximum atomic E-state index is 5.31. The number of oxazole rings is 1. The van der Waals surface area contributed by atoms with Crippen LogP contribution in [0.15, 0.2) is 23.0 Å². The van der Waals surface area contributed by atoms with E-state index in [-0.39, 0.29) is 5.41 Å². The molecule has 2 nitrogen and oxygen atoms in total. The highest BCUT2D eigenvalue weighted by Crippen LogP contribution is 2.31. The van der Waals surface area contributed by atoms with Gasteiger partial charge >= 0.3 is 0 Å². The van der Waals surface area contributed by atoms with Crippen LogP contribution in [0, 0.1) is 5.41 Å². The van der Waals surface area contributed by atoms with Gasteiger partial charge in [-0.05, 0) is 18.6 Å². The van der Waals surface area contributed by atoms with Gasteiger partial charge in [-0.25, -0.2) is 4.98 Å². The van der Waals surface area contributed by atoms with Crippen LogP contribution < -0.4 is 0 Å². The molecule has 13 heavy (non-hydrogen) atoms. The number of allylic oxidation sites excluding steroid dienone is 3. The summed E-state index contributed by atoms with van der Waals surface area (Å²) in [7, 11) is 0. The van der Waals surface area contributed by atoms with E-state index in [0.717, 1.165) is 17.0 Å². The molecule has 1 heterocycles. The summed E-state index contributed by atoms with van der Waals surface area (Å²) in [5.41, 5.74) is 2.18. The molecule has 0 spiro atoms. The Morgan fingerprint density at radius 1 is 1.38 bits per heavy atom. The first-order valence-electron chi connectivity index (χ1n) is 4.41. The van der Waals surface area contributed by atoms with Gasteiger partial charge in [0.25, 0.3) is 0 Å². The molecule has 2 heteroatoms. The summed E-state index contributed by atoms with van der Waals surface area (Å²) in [5.74, 6) is 0.891. The molecule has 0 aliphatic heterocycles. The van der Waals surface area contributed by atoms with Gasteiger partial charge in [-0.2, -0.15) is 0 Å². The van der Waals surface area contributed by atoms with Crippen molar-refractivity contribution in [1.29, 1.82) is 0 Å². The van der Waals surface area contributed by atoms with Crippen molar-refractivity contribution >= 4 is 11.6 Å². The van der Waals surface area contributed by atoms with Crippen LogP contribution in [-0.4, -0.2) is 4.98 Å². The lowest BCUT2D eigenvalue weighted by Crippen LogP contribution is -2.01. The zero-order valence-corrected chi connectivity index (χ0v) is 8.16. The van der Waals surface area contributed by atoms with Gasteiger partial charge in [0, 0.05) is 5.41 Å². The number of nitrogens with zero attached hydrogens (tertiary/aromatic N) is 1. The third-order valence-electron chi connectivity index (χ3n) is 2.21. The van der Waals surface area contributed by atoms with Gasteiger partial charge in [-0.3, -0.25) is 0 Å². The van der Waals surface area contributed by atoms with Crippen LogP contribution in [0.25, 0.3) is 11.6 Å². The first kappa shape index (κ1) is 8.30. The zero-order valence-electron chi connectivity index (χ0n) is 8.16. The minimum absolute atomic E-state index is 0.0906. The molecule has 0 aromatic carbocycles. The summed E-state index contributed by atoms with van der Waals surface area (Å²) >= 11 is 0. The van der Waals surface area contributed by atoms with Crippen LogP contribution in [0.4, 0.5) is 0 Å². The minimum atomic E-state index is 0.0906. The molecular formula is C11H13NO. The van der Waals surface area contributed by atoms with E-state index < -0.39 is 0 Å². The molecule has 1 aliphatic rings. The molecule has 1 aliphatic carbocycles. The number of aromatic nitrogens is 1. The van der Waals surface area contributed by atoms with E-state index >= 15 is 0 Å². The van der Waals surface area contributed by atoms with E-state index in [9.17, 15) is 0 Å². The largest absolute Gasteiger partial charge is 0.443 e. The first-order valence-corrected chi connectivity index (χ1v) is 4.41. The van der Waals surface area contributed by atoms with Crippen LogP contribution in [-0.2, 0) is 0 Å². The van der Waals surface area contributed by atoms with Gasteiger partial charge in [-0.1, -0.05) is 26.0 Å². The number of fused-ring (bicyclic) bond motifs is 1. The van der Waals surface area contributed by atoms with E-state index in [1.807, 2.05) is 6.08 Å². The van der Waals surface area contributed by atoms with E-state index in [0.29, 0.717) is 0 Å². The molecule has 0 fully saturated rings. The Balaban J connectivity index is 2.58. The lowest BCUT2D eigenvalue weighted by atomic mass is 9.91. The minimum Gasteiger partial charge on any atom is -0.443 e. The number of hydrogen-bond acceptors (Lipinski definition) is 2. The van der Waals surface area contributed by atoms with Crippen molar-refractivity contribution in [3.63, 3.8) is 0 Å². The number of hydrogen-bond donors (Lipinski definition) is 0. The standard InChI is InChI=1S/C11H13NO/c1-8-6-11(2,3)5-4-9-10(8)13-7-12-9/h4-7H,1-3H3. The average Bonchev–Trinajstić information content (AvgIpc) is 2.43. The molecule has 0 saturated carbocycles. The molecule has 0 saturated heterocycles. The second-order valence-electron chi connectivity index (χ2n) is 4.05. The highest BCUT2D eigenvalue weighted by molar-refractivity contribution is 5.70. The van der Waals surface area contributed by atoms with Crippen LogP contribution in [0.3, 0.4) is 0 Å². The SMILES string of the molecule is CC1=CC(C)(C)C=Cc2ncoc21. The van der Waals surface area contributed by atoms with E-state index in [1.165, 1.54) is 6.39 Å². The third-order valence-corrected chi connectivity index (χ3v) is 2.21. The van der Waals surface area contributed by atoms with Crippen LogP contribution in [0.5, 0.6) is 0 Å². The predicted octanol–water partition coefficient (Wildman–Crippen LogP) is 3.13. The quantitative estimate of drug-likeness (QED) is 0.605. The number of rotatable bonds is 0. The highest BCUT2D eigenvalue weighted by Gasteiger charge is 2.18. The topological polar surface area (TPSA) is 26.0 Å². The Hall–Kier alpha value is -1.31. The fraction of sp³-hybridized carbons (Fsp3) is 0.364. The maximum Gasteiger partial charge on any atom is 0.181 e. The van der Waals surface area contributed by atoms with Crippen molar-refractivity contribution in [3.05, 3.63) is 30.0 Å². The Labute approximate surface area is 78.0 Å². The van der Waals surface area contributed by atoms with Crippen LogP contribution >= 0.6 is 0 Å². The molecule has 0 atom stereocenters. The van der Waals surface area contributed by atoms with E-state index in [1.54, 1.807) is 0 Å². The Kier molecular flexibility index (Phi) is 1.65. The Morgan fingerprint density at radius 3 is 2.92 bits per heavy atom. The molecule has 68 valence electrons. The smallest absolute Gasteiger partial charge is 0.181 e. The van der Waals surface area contributed by atoms with Gasteiger partial charge in [0.1, 0.15) is 5.69 Å². The molecule has 0 unspecified atom stereocenters. The van der Waals surface area contributed by atoms with Gasteiger partial charge < -0.3 is 4.42 Å². The van der Waals surface area contributed by atoms with Crippen molar-refractivity contribution in [2.45, 2.75) is 20.8 Å². The van der Waals surface area contributed by atoms with Crippen molar-refractivity contribution in [2.75, 3.05) is 0 Å². The highest BCUT2D eigenvalue weighted by atomic mass is 16.3. The predicted molar refractivity (Wildman–Crippen MR) is 53.0 cm³/mol. The molecule has 0 amide bonds. The monoisotopic (exact) mass is 175 g/mol. The zero-order chi connectivity index (χ0) is 9.47. The van der Waals surface area contributed by atoms with Crippen LogP contribution in [0.2, 0.25) is 0 Å². The second kappa shape index (κ2) is 2.59. The van der Waals surface area contributed by atoms with Crippen molar-refractivity contribution < 1.29 is 4.42 Å². The molecular weight excluding hydrogens is 162 g/mol. The summed E-state index contributed by atoms with van der Waals surface area (Å²) in [4.78, 5) is 4.14. The Morgan fingerprint density at radius 2 is 2.15 bits per heavy atom. The van der Waals surface area contributed by atoms with Gasteiger partial charge in [-0.15, -0.1) is 0 Å². The van der Waals surface area contributed by atoms with Crippen molar-refractivity contribution in [2.24, 2.45) is 5.41 Å². The average molecular weight is 175 g/mol. The van der Waals surface area contributed by atoms with Crippen molar-refractivity contribution in [3.8, 4) is 0 Å². The van der Waals surface area contributed by atoms with Crippen molar-refractivity contribution in [1.82, 2.24) is 4.98 Å². The van der Waals surface area contributed by atoms with Crippen LogP contribution in [0.1, 0.15) is 32.2 Å². The van der Waals surface area contributed by atoms with Gasteiger partial charge in [0.2, 0.25) is 0 Å². The fourth-order valence-electron chi connectivity index (χ4n) is 1.63. The summed E-state index contributed by atoms with van der Waals surface area (Å²) in [6.07, 6.45) is 7.85.